The van der Waals surface area contributed by atoms with Gasteiger partial charge in [-0.05, 0) is 58.1 Å². The summed E-state index contributed by atoms with van der Waals surface area (Å²) in [5.74, 6) is 3.75. The summed E-state index contributed by atoms with van der Waals surface area (Å²) >= 11 is -1.61. The van der Waals surface area contributed by atoms with E-state index in [0.29, 0.717) is 23.7 Å². The minimum absolute atomic E-state index is 0.458. The van der Waals surface area contributed by atoms with E-state index in [9.17, 15) is 0 Å². The molecule has 2 aliphatic heterocycles. The molecule has 5 nitrogen and oxygen atoms in total. The monoisotopic (exact) mass is 797 g/mol. The third-order valence-electron chi connectivity index (χ3n) is 9.02. The number of halogens is 2. The summed E-state index contributed by atoms with van der Waals surface area (Å²) in [6.45, 7) is 19.7. The van der Waals surface area contributed by atoms with Crippen molar-refractivity contribution < 1.29 is 13.5 Å². The fraction of sp³-hybridized carbons (Fsp3) is 0.333. The number of aromatic nitrogens is 1. The maximum absolute atomic E-state index is 5.67. The van der Waals surface area contributed by atoms with Gasteiger partial charge in [-0.2, -0.15) is 0 Å². The predicted molar refractivity (Wildman–Crippen MR) is 215 cm³/mol. The number of hydrogen-bond acceptors (Lipinski definition) is 5. The number of benzene rings is 3. The van der Waals surface area contributed by atoms with E-state index in [-0.39, 0.29) is 0 Å². The van der Waals surface area contributed by atoms with Gasteiger partial charge in [-0.25, -0.2) is 4.98 Å². The van der Waals surface area contributed by atoms with Gasteiger partial charge in [-0.1, -0.05) is 97.9 Å². The van der Waals surface area contributed by atoms with Crippen molar-refractivity contribution in [2.45, 2.75) is 79.1 Å². The van der Waals surface area contributed by atoms with E-state index in [2.05, 4.69) is 154 Å². The van der Waals surface area contributed by atoms with Crippen LogP contribution < -0.4 is 19.6 Å². The fourth-order valence-electron chi connectivity index (χ4n) is 6.46. The van der Waals surface area contributed by atoms with Crippen LogP contribution in [0, 0.1) is 0 Å². The molecular weight excluding hydrogens is 746 g/mol. The Balaban J connectivity index is 0.000000418. The third kappa shape index (κ3) is 9.07. The van der Waals surface area contributed by atoms with Gasteiger partial charge in [0, 0.05) is 36.2 Å². The maximum atomic E-state index is 5.67. The molecule has 3 aromatic carbocycles. The summed E-state index contributed by atoms with van der Waals surface area (Å²) in [6, 6.07) is 29.7. The van der Waals surface area contributed by atoms with E-state index in [1.807, 2.05) is 34.9 Å². The molecule has 0 fully saturated rings. The molecule has 50 heavy (non-hydrogen) atoms. The molecule has 2 aliphatic rings. The number of pyridine rings is 1. The molecule has 0 saturated carbocycles. The second kappa shape index (κ2) is 17.2. The van der Waals surface area contributed by atoms with Crippen molar-refractivity contribution in [2.75, 3.05) is 32.9 Å². The molecule has 0 aliphatic carbocycles. The van der Waals surface area contributed by atoms with Crippen LogP contribution in [0.4, 0.5) is 23.0 Å². The van der Waals surface area contributed by atoms with Crippen molar-refractivity contribution in [1.29, 1.82) is 0 Å². The van der Waals surface area contributed by atoms with Crippen molar-refractivity contribution in [1.82, 2.24) is 4.98 Å². The molecule has 0 amide bonds. The Morgan fingerprint density at radius 3 is 1.22 bits per heavy atom. The van der Waals surface area contributed by atoms with Gasteiger partial charge in [0.25, 0.3) is 0 Å². The quantitative estimate of drug-likeness (QED) is 0.157. The van der Waals surface area contributed by atoms with Gasteiger partial charge in [0.05, 0.1) is 0 Å². The van der Waals surface area contributed by atoms with Crippen molar-refractivity contribution in [3.05, 3.63) is 138 Å². The van der Waals surface area contributed by atoms with Gasteiger partial charge < -0.3 is 19.6 Å². The summed E-state index contributed by atoms with van der Waals surface area (Å²) in [6.07, 6.45) is 8.73. The Bertz CT molecular complexity index is 1670. The van der Waals surface area contributed by atoms with Crippen LogP contribution in [0.3, 0.4) is 0 Å². The molecule has 0 unspecified atom stereocenters. The Morgan fingerprint density at radius 2 is 0.860 bits per heavy atom. The predicted octanol–water partition coefficient (Wildman–Crippen LogP) is 11.8. The van der Waals surface area contributed by atoms with Crippen LogP contribution in [0.2, 0.25) is 0 Å². The van der Waals surface area contributed by atoms with Crippen LogP contribution in [0.5, 0.6) is 0 Å². The molecule has 8 heteroatoms. The first-order chi connectivity index (χ1) is 23.9. The Hall–Kier alpha value is -3.44. The SMILES string of the molecule is CC(C)c1cccc(C(C)C)c1N1C=CN(c2cccc(N3C=CN(c4c(C(C)C)cccc4C(C)C)C3)n2)C1.[Cl][Ru]([Cl])=[CH]c1ccccc1. The number of nitrogens with zero attached hydrogens (tertiary/aromatic N) is 5. The zero-order valence-electron chi connectivity index (χ0n) is 30.5. The number of para-hydroxylation sites is 2. The zero-order chi connectivity index (χ0) is 35.9. The number of hydrogen-bond donors (Lipinski definition) is 0. The molecule has 266 valence electrons. The Morgan fingerprint density at radius 1 is 0.500 bits per heavy atom. The first-order valence-electron chi connectivity index (χ1n) is 17.5. The second-order valence-electron chi connectivity index (χ2n) is 14.0. The number of anilines is 4. The normalized spacial score (nSPS) is 14.4. The molecule has 4 aromatic rings. The van der Waals surface area contributed by atoms with Crippen molar-refractivity contribution in [3.63, 3.8) is 0 Å². The Kier molecular flexibility index (Phi) is 13.0. The van der Waals surface area contributed by atoms with Crippen LogP contribution in [-0.2, 0) is 13.5 Å². The van der Waals surface area contributed by atoms with Gasteiger partial charge in [0.1, 0.15) is 25.0 Å². The first kappa shape index (κ1) is 37.8. The van der Waals surface area contributed by atoms with E-state index < -0.39 is 13.5 Å². The van der Waals surface area contributed by atoms with Gasteiger partial charge in [0.15, 0.2) is 0 Å². The summed E-state index contributed by atoms with van der Waals surface area (Å²) < 4.78 is 1.92. The molecule has 0 bridgehead atoms. The van der Waals surface area contributed by atoms with E-state index >= 15 is 0 Å². The van der Waals surface area contributed by atoms with Gasteiger partial charge in [-0.3, -0.25) is 0 Å². The van der Waals surface area contributed by atoms with Gasteiger partial charge in [0.2, 0.25) is 0 Å². The molecule has 0 N–H and O–H groups in total. The summed E-state index contributed by atoms with van der Waals surface area (Å²) in [5.41, 5.74) is 9.36. The zero-order valence-corrected chi connectivity index (χ0v) is 33.8. The second-order valence-corrected chi connectivity index (χ2v) is 19.7. The van der Waals surface area contributed by atoms with Crippen molar-refractivity contribution >= 4 is 47.0 Å². The average Bonchev–Trinajstić information content (AvgIpc) is 3.79. The molecule has 0 radical (unpaired) electrons. The molecule has 3 heterocycles. The molecule has 0 atom stereocenters. The fourth-order valence-corrected chi connectivity index (χ4v) is 8.28. The van der Waals surface area contributed by atoms with Crippen LogP contribution in [0.15, 0.2) is 110 Å². The van der Waals surface area contributed by atoms with Gasteiger partial charge in [-0.15, -0.1) is 0 Å². The Labute approximate surface area is 313 Å². The van der Waals surface area contributed by atoms with Crippen molar-refractivity contribution in [3.8, 4) is 0 Å². The molecule has 0 spiro atoms. The minimum atomic E-state index is -1.61. The van der Waals surface area contributed by atoms with E-state index in [4.69, 9.17) is 24.4 Å². The standard InChI is InChI=1S/C35H45N5.C7H6.2ClH.Ru/c1-24(2)28-12-9-13-29(25(3)4)34(28)39-20-18-37(22-39)32-16-11-17-33(36-32)38-19-21-40(23-38)35-30(26(5)6)14-10-15-31(35)27(7)8;1-7-5-3-2-4-6-7;;;/h9-21,24-27H,22-23H2,1-8H3;1-6H;2*1H;/q;;;;+2/p-2. The third-order valence-corrected chi connectivity index (χ3v) is 10.9. The molecule has 1 aromatic heterocycles. The van der Waals surface area contributed by atoms with Crippen LogP contribution in [0.25, 0.3) is 0 Å². The summed E-state index contributed by atoms with van der Waals surface area (Å²) in [7, 11) is 11.3. The van der Waals surface area contributed by atoms with Gasteiger partial charge >= 0.3 is 73.4 Å². The van der Waals surface area contributed by atoms with Crippen LogP contribution in [-0.4, -0.2) is 22.9 Å². The van der Waals surface area contributed by atoms with Crippen molar-refractivity contribution in [2.24, 2.45) is 0 Å². The van der Waals surface area contributed by atoms with E-state index in [1.165, 1.54) is 33.6 Å². The van der Waals surface area contributed by atoms with E-state index in [0.717, 1.165) is 30.5 Å². The topological polar surface area (TPSA) is 25.9 Å². The molecule has 0 saturated heterocycles. The number of rotatable bonds is 9. The average molecular weight is 798 g/mol. The molecular formula is C42H51Cl2N5Ru. The van der Waals surface area contributed by atoms with E-state index in [1.54, 1.807) is 0 Å². The van der Waals surface area contributed by atoms with Crippen LogP contribution >= 0.6 is 19.4 Å². The summed E-state index contributed by atoms with van der Waals surface area (Å²) in [4.78, 5) is 14.4. The molecule has 6 rings (SSSR count). The van der Waals surface area contributed by atoms with Crippen LogP contribution in [0.1, 0.15) is 107 Å². The first-order valence-corrected chi connectivity index (χ1v) is 23.0. The summed E-state index contributed by atoms with van der Waals surface area (Å²) in [5, 5.41) is 0.